The molecule has 0 spiro atoms. The second-order valence-electron chi connectivity index (χ2n) is 5.76. The molecular formula is C16H21N3O4S. The fourth-order valence-electron chi connectivity index (χ4n) is 2.75. The van der Waals surface area contributed by atoms with E-state index in [0.717, 1.165) is 5.56 Å². The van der Waals surface area contributed by atoms with Gasteiger partial charge in [-0.2, -0.15) is 5.10 Å². The molecule has 1 aromatic carbocycles. The van der Waals surface area contributed by atoms with Gasteiger partial charge in [0.15, 0.2) is 5.69 Å². The van der Waals surface area contributed by atoms with Crippen LogP contribution in [0.5, 0.6) is 0 Å². The van der Waals surface area contributed by atoms with E-state index in [0.29, 0.717) is 16.8 Å². The molecule has 0 aliphatic rings. The van der Waals surface area contributed by atoms with Gasteiger partial charge in [-0.05, 0) is 38.8 Å². The summed E-state index contributed by atoms with van der Waals surface area (Å²) >= 11 is 0. The second-order valence-corrected chi connectivity index (χ2v) is 7.38. The van der Waals surface area contributed by atoms with Crippen LogP contribution in [-0.2, 0) is 21.8 Å². The quantitative estimate of drug-likeness (QED) is 0.853. The number of carbonyl (C=O) groups excluding carboxylic acids is 1. The number of aryl methyl sites for hydroxylation is 4. The van der Waals surface area contributed by atoms with Crippen LogP contribution in [-0.4, -0.2) is 31.3 Å². The van der Waals surface area contributed by atoms with Gasteiger partial charge in [-0.25, -0.2) is 13.2 Å². The summed E-state index contributed by atoms with van der Waals surface area (Å²) in [4.78, 5) is 12.1. The highest BCUT2D eigenvalue weighted by atomic mass is 32.2. The van der Waals surface area contributed by atoms with Gasteiger partial charge in [0.05, 0.1) is 17.7 Å². The second kappa shape index (κ2) is 6.27. The van der Waals surface area contributed by atoms with Crippen LogP contribution in [0.25, 0.3) is 0 Å². The Morgan fingerprint density at radius 2 is 1.71 bits per heavy atom. The van der Waals surface area contributed by atoms with Crippen LogP contribution < -0.4 is 4.72 Å². The van der Waals surface area contributed by atoms with Crippen molar-refractivity contribution in [3.05, 3.63) is 40.2 Å². The van der Waals surface area contributed by atoms with Crippen LogP contribution >= 0.6 is 0 Å². The van der Waals surface area contributed by atoms with Crippen LogP contribution in [0.3, 0.4) is 0 Å². The summed E-state index contributed by atoms with van der Waals surface area (Å²) in [6.45, 7) is 7.06. The average molecular weight is 351 g/mol. The Balaban J connectivity index is 2.58. The molecule has 0 fully saturated rings. The number of esters is 1. The highest BCUT2D eigenvalue weighted by Crippen LogP contribution is 2.27. The Hall–Kier alpha value is -2.35. The Morgan fingerprint density at radius 1 is 1.17 bits per heavy atom. The number of carbonyl (C=O) groups is 1. The van der Waals surface area contributed by atoms with Crippen molar-refractivity contribution >= 4 is 21.7 Å². The summed E-state index contributed by atoms with van der Waals surface area (Å²) in [7, 11) is -1.03. The summed E-state index contributed by atoms with van der Waals surface area (Å²) in [6, 6.07) is 3.61. The molecule has 0 aliphatic carbocycles. The molecule has 0 aliphatic heterocycles. The molecule has 0 saturated carbocycles. The zero-order valence-corrected chi connectivity index (χ0v) is 15.4. The summed E-state index contributed by atoms with van der Waals surface area (Å²) in [5.74, 6) is -0.700. The van der Waals surface area contributed by atoms with E-state index >= 15 is 0 Å². The molecule has 2 aromatic rings. The molecule has 0 radical (unpaired) electrons. The van der Waals surface area contributed by atoms with Crippen molar-refractivity contribution in [3.63, 3.8) is 0 Å². The molecule has 8 heteroatoms. The number of nitrogens with zero attached hydrogens (tertiary/aromatic N) is 2. The number of hydrogen-bond donors (Lipinski definition) is 1. The van der Waals surface area contributed by atoms with E-state index in [4.69, 9.17) is 0 Å². The van der Waals surface area contributed by atoms with E-state index in [2.05, 4.69) is 14.6 Å². The van der Waals surface area contributed by atoms with Crippen LogP contribution in [0.4, 0.5) is 5.69 Å². The standard InChI is InChI=1S/C16H21N3O4S/c1-9-7-10(2)15(11(3)8-9)24(21,22)18-13-12(4)19(5)17-14(13)16(20)23-6/h7-8,18H,1-6H3. The maximum absolute atomic E-state index is 12.9. The summed E-state index contributed by atoms with van der Waals surface area (Å²) < 4.78 is 34.4. The Labute approximate surface area is 141 Å². The first-order chi connectivity index (χ1) is 11.1. The number of benzene rings is 1. The molecule has 130 valence electrons. The summed E-state index contributed by atoms with van der Waals surface area (Å²) in [5, 5.41) is 4.03. The number of rotatable bonds is 4. The van der Waals surface area contributed by atoms with Gasteiger partial charge in [0, 0.05) is 7.05 Å². The van der Waals surface area contributed by atoms with Crippen molar-refractivity contribution in [1.29, 1.82) is 0 Å². The number of hydrogen-bond acceptors (Lipinski definition) is 5. The number of anilines is 1. The number of aromatic nitrogens is 2. The van der Waals surface area contributed by atoms with Crippen LogP contribution in [0.1, 0.15) is 32.9 Å². The van der Waals surface area contributed by atoms with Crippen LogP contribution in [0.15, 0.2) is 17.0 Å². The lowest BCUT2D eigenvalue weighted by atomic mass is 10.1. The molecule has 1 heterocycles. The minimum absolute atomic E-state index is 0.0662. The molecule has 0 amide bonds. The fourth-order valence-corrected chi connectivity index (χ4v) is 4.33. The zero-order chi connectivity index (χ0) is 18.2. The monoisotopic (exact) mass is 351 g/mol. The summed E-state index contributed by atoms with van der Waals surface area (Å²) in [5.41, 5.74) is 2.84. The predicted octanol–water partition coefficient (Wildman–Crippen LogP) is 2.24. The Morgan fingerprint density at radius 3 is 2.21 bits per heavy atom. The van der Waals surface area contributed by atoms with Crippen molar-refractivity contribution < 1.29 is 17.9 Å². The van der Waals surface area contributed by atoms with Gasteiger partial charge < -0.3 is 4.74 Å². The van der Waals surface area contributed by atoms with Crippen molar-refractivity contribution in [2.75, 3.05) is 11.8 Å². The first-order valence-electron chi connectivity index (χ1n) is 7.31. The molecule has 1 N–H and O–H groups in total. The van der Waals surface area contributed by atoms with Crippen molar-refractivity contribution in [2.45, 2.75) is 32.6 Å². The van der Waals surface area contributed by atoms with Gasteiger partial charge in [0.1, 0.15) is 5.69 Å². The molecule has 2 rings (SSSR count). The van der Waals surface area contributed by atoms with Gasteiger partial charge in [-0.1, -0.05) is 17.7 Å². The third-order valence-corrected chi connectivity index (χ3v) is 5.48. The molecule has 0 unspecified atom stereocenters. The number of sulfonamides is 1. The van der Waals surface area contributed by atoms with E-state index in [1.807, 2.05) is 6.92 Å². The normalized spacial score (nSPS) is 11.4. The molecule has 24 heavy (non-hydrogen) atoms. The van der Waals surface area contributed by atoms with Gasteiger partial charge in [-0.3, -0.25) is 9.40 Å². The van der Waals surface area contributed by atoms with Gasteiger partial charge in [0.25, 0.3) is 10.0 Å². The van der Waals surface area contributed by atoms with E-state index in [1.165, 1.54) is 11.8 Å². The number of methoxy groups -OCH3 is 1. The Bertz CT molecular complexity index is 891. The SMILES string of the molecule is COC(=O)c1nn(C)c(C)c1NS(=O)(=O)c1c(C)cc(C)cc1C. The molecule has 0 saturated heterocycles. The van der Waals surface area contributed by atoms with E-state index < -0.39 is 16.0 Å². The average Bonchev–Trinajstić information content (AvgIpc) is 2.72. The van der Waals surface area contributed by atoms with Crippen molar-refractivity contribution in [3.8, 4) is 0 Å². The minimum Gasteiger partial charge on any atom is -0.464 e. The third-order valence-electron chi connectivity index (χ3n) is 3.82. The number of ether oxygens (including phenoxy) is 1. The molecule has 0 bridgehead atoms. The lowest BCUT2D eigenvalue weighted by Gasteiger charge is -2.14. The lowest BCUT2D eigenvalue weighted by Crippen LogP contribution is -2.18. The Kier molecular flexibility index (Phi) is 4.70. The zero-order valence-electron chi connectivity index (χ0n) is 14.6. The summed E-state index contributed by atoms with van der Waals surface area (Å²) in [6.07, 6.45) is 0. The van der Waals surface area contributed by atoms with Crippen LogP contribution in [0.2, 0.25) is 0 Å². The maximum Gasteiger partial charge on any atom is 0.360 e. The first-order valence-corrected chi connectivity index (χ1v) is 8.79. The van der Waals surface area contributed by atoms with Crippen LogP contribution in [0, 0.1) is 27.7 Å². The highest BCUT2D eigenvalue weighted by Gasteiger charge is 2.27. The topological polar surface area (TPSA) is 90.3 Å². The molecular weight excluding hydrogens is 330 g/mol. The highest BCUT2D eigenvalue weighted by molar-refractivity contribution is 7.92. The third kappa shape index (κ3) is 3.14. The molecule has 0 atom stereocenters. The maximum atomic E-state index is 12.9. The minimum atomic E-state index is -3.88. The fraction of sp³-hybridized carbons (Fsp3) is 0.375. The van der Waals surface area contributed by atoms with E-state index in [9.17, 15) is 13.2 Å². The van der Waals surface area contributed by atoms with Gasteiger partial charge >= 0.3 is 5.97 Å². The molecule has 7 nitrogen and oxygen atoms in total. The van der Waals surface area contributed by atoms with Gasteiger partial charge in [0.2, 0.25) is 0 Å². The van der Waals surface area contributed by atoms with E-state index in [1.54, 1.807) is 40.0 Å². The number of nitrogens with one attached hydrogen (secondary N) is 1. The van der Waals surface area contributed by atoms with Crippen molar-refractivity contribution in [2.24, 2.45) is 7.05 Å². The van der Waals surface area contributed by atoms with E-state index in [-0.39, 0.29) is 16.3 Å². The largest absolute Gasteiger partial charge is 0.464 e. The smallest absolute Gasteiger partial charge is 0.360 e. The molecule has 1 aromatic heterocycles. The van der Waals surface area contributed by atoms with Crippen molar-refractivity contribution in [1.82, 2.24) is 9.78 Å². The predicted molar refractivity (Wildman–Crippen MR) is 90.7 cm³/mol. The first kappa shape index (κ1) is 18.0. The lowest BCUT2D eigenvalue weighted by molar-refractivity contribution is 0.0594. The van der Waals surface area contributed by atoms with Gasteiger partial charge in [-0.15, -0.1) is 0 Å².